The molecular weight excluding hydrogens is 242 g/mol. The van der Waals surface area contributed by atoms with Crippen molar-refractivity contribution in [1.29, 1.82) is 0 Å². The second kappa shape index (κ2) is 7.22. The van der Waals surface area contributed by atoms with E-state index in [1.165, 1.54) is 6.42 Å². The van der Waals surface area contributed by atoms with Crippen molar-refractivity contribution in [3.8, 4) is 0 Å². The number of carbonyl (C=O) groups excluding carboxylic acids is 1. The summed E-state index contributed by atoms with van der Waals surface area (Å²) in [6, 6.07) is -0.0636. The van der Waals surface area contributed by atoms with Gasteiger partial charge >= 0.3 is 0 Å². The zero-order valence-electron chi connectivity index (χ0n) is 11.8. The van der Waals surface area contributed by atoms with Crippen LogP contribution in [0.2, 0.25) is 0 Å². The average Bonchev–Trinajstić information content (AvgIpc) is 2.61. The Labute approximate surface area is 115 Å². The quantitative estimate of drug-likeness (QED) is 0.763. The largest absolute Gasteiger partial charge is 0.393 e. The van der Waals surface area contributed by atoms with Crippen molar-refractivity contribution in [1.82, 2.24) is 9.80 Å². The SMILES string of the molecule is NC(=O)C1CCCCN1CCN1CCCC(O)CC1. The van der Waals surface area contributed by atoms with E-state index in [9.17, 15) is 9.90 Å². The molecule has 0 radical (unpaired) electrons. The lowest BCUT2D eigenvalue weighted by Gasteiger charge is -2.35. The standard InChI is InChI=1S/C14H27N3O2/c15-14(19)13-5-1-2-8-17(13)11-10-16-7-3-4-12(18)6-9-16/h12-13,18H,1-11H2,(H2,15,19). The van der Waals surface area contributed by atoms with E-state index in [4.69, 9.17) is 5.73 Å². The molecule has 2 atom stereocenters. The molecule has 2 unspecified atom stereocenters. The molecule has 2 aliphatic heterocycles. The molecule has 5 heteroatoms. The Bertz CT molecular complexity index is 298. The van der Waals surface area contributed by atoms with Crippen molar-refractivity contribution in [3.63, 3.8) is 0 Å². The first-order chi connectivity index (χ1) is 9.16. The van der Waals surface area contributed by atoms with E-state index in [-0.39, 0.29) is 18.1 Å². The van der Waals surface area contributed by atoms with E-state index in [0.29, 0.717) is 0 Å². The molecular formula is C14H27N3O2. The monoisotopic (exact) mass is 269 g/mol. The molecule has 2 saturated heterocycles. The van der Waals surface area contributed by atoms with Crippen molar-refractivity contribution in [2.45, 2.75) is 50.7 Å². The highest BCUT2D eigenvalue weighted by Crippen LogP contribution is 2.17. The van der Waals surface area contributed by atoms with Gasteiger partial charge in [-0.3, -0.25) is 9.69 Å². The summed E-state index contributed by atoms with van der Waals surface area (Å²) in [5, 5.41) is 9.64. The fourth-order valence-electron chi connectivity index (χ4n) is 3.21. The van der Waals surface area contributed by atoms with Crippen LogP contribution in [-0.2, 0) is 4.79 Å². The molecule has 0 bridgehead atoms. The number of piperidine rings is 1. The number of primary amides is 1. The van der Waals surface area contributed by atoms with Gasteiger partial charge in [0.05, 0.1) is 12.1 Å². The summed E-state index contributed by atoms with van der Waals surface area (Å²) in [6.07, 6.45) is 5.93. The highest BCUT2D eigenvalue weighted by Gasteiger charge is 2.27. The van der Waals surface area contributed by atoms with Gasteiger partial charge in [0.2, 0.25) is 5.91 Å². The van der Waals surface area contributed by atoms with Crippen molar-refractivity contribution >= 4 is 5.91 Å². The number of hydrogen-bond donors (Lipinski definition) is 2. The molecule has 3 N–H and O–H groups in total. The Hall–Kier alpha value is -0.650. The number of amides is 1. The Morgan fingerprint density at radius 1 is 1.05 bits per heavy atom. The Balaban J connectivity index is 1.78. The van der Waals surface area contributed by atoms with E-state index in [1.54, 1.807) is 0 Å². The van der Waals surface area contributed by atoms with Gasteiger partial charge in [-0.05, 0) is 45.2 Å². The van der Waals surface area contributed by atoms with Crippen LogP contribution in [-0.4, -0.2) is 65.7 Å². The Morgan fingerprint density at radius 2 is 1.89 bits per heavy atom. The molecule has 2 heterocycles. The molecule has 0 aromatic rings. The van der Waals surface area contributed by atoms with Crippen LogP contribution in [0.1, 0.15) is 38.5 Å². The number of aliphatic hydroxyl groups excluding tert-OH is 1. The highest BCUT2D eigenvalue weighted by molar-refractivity contribution is 5.79. The zero-order valence-corrected chi connectivity index (χ0v) is 11.8. The van der Waals surface area contributed by atoms with Crippen LogP contribution in [0.25, 0.3) is 0 Å². The normalized spacial score (nSPS) is 31.0. The summed E-state index contributed by atoms with van der Waals surface area (Å²) in [5.41, 5.74) is 5.48. The van der Waals surface area contributed by atoms with E-state index in [2.05, 4.69) is 9.80 Å². The van der Waals surface area contributed by atoms with Gasteiger partial charge < -0.3 is 15.7 Å². The first kappa shape index (κ1) is 14.8. The lowest BCUT2D eigenvalue weighted by molar-refractivity contribution is -0.124. The third-order valence-electron chi connectivity index (χ3n) is 4.44. The average molecular weight is 269 g/mol. The van der Waals surface area contributed by atoms with Crippen LogP contribution in [0, 0.1) is 0 Å². The molecule has 0 aromatic heterocycles. The maximum Gasteiger partial charge on any atom is 0.234 e. The number of nitrogens with two attached hydrogens (primary N) is 1. The molecule has 2 aliphatic rings. The van der Waals surface area contributed by atoms with Gasteiger partial charge in [0.25, 0.3) is 0 Å². The van der Waals surface area contributed by atoms with Gasteiger partial charge in [-0.1, -0.05) is 6.42 Å². The number of likely N-dealkylation sites (tertiary alicyclic amines) is 2. The Morgan fingerprint density at radius 3 is 2.68 bits per heavy atom. The summed E-state index contributed by atoms with van der Waals surface area (Å²) in [4.78, 5) is 16.1. The van der Waals surface area contributed by atoms with Crippen molar-refractivity contribution < 1.29 is 9.90 Å². The minimum Gasteiger partial charge on any atom is -0.393 e. The van der Waals surface area contributed by atoms with Crippen LogP contribution in [0.15, 0.2) is 0 Å². The maximum absolute atomic E-state index is 11.4. The first-order valence-corrected chi connectivity index (χ1v) is 7.60. The number of aliphatic hydroxyl groups is 1. The number of rotatable bonds is 4. The van der Waals surface area contributed by atoms with Gasteiger partial charge in [-0.25, -0.2) is 0 Å². The predicted molar refractivity (Wildman–Crippen MR) is 74.7 cm³/mol. The van der Waals surface area contributed by atoms with Crippen LogP contribution < -0.4 is 5.73 Å². The van der Waals surface area contributed by atoms with E-state index < -0.39 is 0 Å². The van der Waals surface area contributed by atoms with Gasteiger partial charge in [-0.15, -0.1) is 0 Å². The molecule has 0 aliphatic carbocycles. The van der Waals surface area contributed by atoms with Crippen LogP contribution >= 0.6 is 0 Å². The van der Waals surface area contributed by atoms with Gasteiger partial charge in [0.15, 0.2) is 0 Å². The van der Waals surface area contributed by atoms with Crippen molar-refractivity contribution in [2.24, 2.45) is 5.73 Å². The Kier molecular flexibility index (Phi) is 5.60. The molecule has 19 heavy (non-hydrogen) atoms. The molecule has 0 saturated carbocycles. The van der Waals surface area contributed by atoms with E-state index >= 15 is 0 Å². The second-order valence-electron chi connectivity index (χ2n) is 5.88. The molecule has 110 valence electrons. The van der Waals surface area contributed by atoms with Crippen molar-refractivity contribution in [3.05, 3.63) is 0 Å². The molecule has 2 rings (SSSR count). The molecule has 2 fully saturated rings. The third kappa shape index (κ3) is 4.44. The van der Waals surface area contributed by atoms with Crippen molar-refractivity contribution in [2.75, 3.05) is 32.7 Å². The van der Waals surface area contributed by atoms with E-state index in [0.717, 1.165) is 64.8 Å². The van der Waals surface area contributed by atoms with Gasteiger partial charge in [0, 0.05) is 19.6 Å². The number of hydrogen-bond acceptors (Lipinski definition) is 4. The fraction of sp³-hybridized carbons (Fsp3) is 0.929. The lowest BCUT2D eigenvalue weighted by Crippen LogP contribution is -2.50. The molecule has 1 amide bonds. The third-order valence-corrected chi connectivity index (χ3v) is 4.44. The van der Waals surface area contributed by atoms with Crippen LogP contribution in [0.3, 0.4) is 0 Å². The fourth-order valence-corrected chi connectivity index (χ4v) is 3.21. The van der Waals surface area contributed by atoms with Gasteiger partial charge in [0.1, 0.15) is 0 Å². The summed E-state index contributed by atoms with van der Waals surface area (Å²) in [5.74, 6) is -0.175. The number of carbonyl (C=O) groups is 1. The predicted octanol–water partition coefficient (Wildman–Crippen LogP) is 0.173. The summed E-state index contributed by atoms with van der Waals surface area (Å²) >= 11 is 0. The minimum atomic E-state index is -0.175. The molecule has 5 nitrogen and oxygen atoms in total. The topological polar surface area (TPSA) is 69.8 Å². The highest BCUT2D eigenvalue weighted by atomic mass is 16.3. The van der Waals surface area contributed by atoms with E-state index in [1.807, 2.05) is 0 Å². The molecule has 0 aromatic carbocycles. The maximum atomic E-state index is 11.4. The lowest BCUT2D eigenvalue weighted by atomic mass is 10.0. The van der Waals surface area contributed by atoms with Crippen LogP contribution in [0.5, 0.6) is 0 Å². The smallest absolute Gasteiger partial charge is 0.234 e. The minimum absolute atomic E-state index is 0.0636. The van der Waals surface area contributed by atoms with Crippen LogP contribution in [0.4, 0.5) is 0 Å². The first-order valence-electron chi connectivity index (χ1n) is 7.60. The molecule has 0 spiro atoms. The summed E-state index contributed by atoms with van der Waals surface area (Å²) in [7, 11) is 0. The number of nitrogens with zero attached hydrogens (tertiary/aromatic N) is 2. The summed E-state index contributed by atoms with van der Waals surface area (Å²) in [6.45, 7) is 4.92. The zero-order chi connectivity index (χ0) is 13.7. The second-order valence-corrected chi connectivity index (χ2v) is 5.88. The van der Waals surface area contributed by atoms with Gasteiger partial charge in [-0.2, -0.15) is 0 Å². The summed E-state index contributed by atoms with van der Waals surface area (Å²) < 4.78 is 0.